The highest BCUT2D eigenvalue weighted by Gasteiger charge is 2.31. The highest BCUT2D eigenvalue weighted by Crippen LogP contribution is 2.32. The number of benzene rings is 3. The summed E-state index contributed by atoms with van der Waals surface area (Å²) in [7, 11) is 0. The molecule has 1 aromatic heterocycles. The third-order valence-electron chi connectivity index (χ3n) is 5.14. The number of rotatable bonds is 5. The zero-order valence-corrected chi connectivity index (χ0v) is 22.0. The molecule has 4 aromatic rings. The molecule has 0 radical (unpaired) electrons. The molecule has 186 valence electrons. The maximum atomic E-state index is 13.3. The van der Waals surface area contributed by atoms with Gasteiger partial charge in [-0.1, -0.05) is 45.0 Å². The zero-order chi connectivity index (χ0) is 26.1. The third-order valence-corrected chi connectivity index (χ3v) is 5.98. The number of aromatic nitrogens is 2. The molecule has 0 aliphatic heterocycles. The van der Waals surface area contributed by atoms with Crippen molar-refractivity contribution in [1.82, 2.24) is 9.66 Å². The number of hydrogen-bond acceptors (Lipinski definition) is 4. The normalized spacial score (nSPS) is 12.4. The van der Waals surface area contributed by atoms with Crippen LogP contribution in [-0.4, -0.2) is 22.5 Å². The van der Waals surface area contributed by atoms with Crippen molar-refractivity contribution in [3.8, 4) is 17.1 Å². The van der Waals surface area contributed by atoms with Crippen molar-refractivity contribution in [2.75, 3.05) is 6.61 Å². The first kappa shape index (κ1) is 25.9. The van der Waals surface area contributed by atoms with Gasteiger partial charge in [0.05, 0.1) is 32.9 Å². The van der Waals surface area contributed by atoms with Crippen molar-refractivity contribution in [2.24, 2.45) is 10.5 Å². The number of fused-ring (bicyclic) bond motifs is 1. The first-order chi connectivity index (χ1) is 16.9. The maximum Gasteiger partial charge on any atom is 0.416 e. The number of halogens is 4. The first-order valence-corrected chi connectivity index (χ1v) is 12.2. The quantitative estimate of drug-likeness (QED) is 0.182. The highest BCUT2D eigenvalue weighted by molar-refractivity contribution is 14.1. The molecule has 0 aliphatic rings. The summed E-state index contributed by atoms with van der Waals surface area (Å²) in [5.74, 6) is 0.748. The van der Waals surface area contributed by atoms with Crippen molar-refractivity contribution in [3.63, 3.8) is 0 Å². The smallest absolute Gasteiger partial charge is 0.416 e. The minimum atomic E-state index is -4.53. The summed E-state index contributed by atoms with van der Waals surface area (Å²) >= 11 is 2.16. The van der Waals surface area contributed by atoms with Gasteiger partial charge < -0.3 is 4.74 Å². The second-order valence-corrected chi connectivity index (χ2v) is 10.6. The van der Waals surface area contributed by atoms with Crippen LogP contribution in [0.4, 0.5) is 13.2 Å². The van der Waals surface area contributed by atoms with E-state index in [1.165, 1.54) is 18.3 Å². The molecule has 0 saturated heterocycles. The number of alkyl halides is 3. The summed E-state index contributed by atoms with van der Waals surface area (Å²) in [4.78, 5) is 17.8. The molecule has 3 aromatic carbocycles. The lowest BCUT2D eigenvalue weighted by Crippen LogP contribution is -2.20. The van der Waals surface area contributed by atoms with E-state index in [1.807, 2.05) is 12.1 Å². The molecule has 0 unspecified atom stereocenters. The molecule has 36 heavy (non-hydrogen) atoms. The Hall–Kier alpha value is -3.21. The molecular weight excluding hydrogens is 582 g/mol. The standard InChI is InChI=1S/C27H23F3IN3O2/c1-26(2,3)16-36-23-12-11-17(13-21(23)31)15-32-34-24(18-7-6-8-19(14-18)27(28,29)30)33-22-10-5-4-9-20(22)25(34)35/h4-15H,16H2,1-3H3. The summed E-state index contributed by atoms with van der Waals surface area (Å²) in [6.07, 6.45) is -3.06. The summed E-state index contributed by atoms with van der Waals surface area (Å²) < 4.78 is 47.8. The molecule has 0 spiro atoms. The van der Waals surface area contributed by atoms with E-state index < -0.39 is 17.3 Å². The Morgan fingerprint density at radius 3 is 2.47 bits per heavy atom. The number of hydrogen-bond donors (Lipinski definition) is 0. The Kier molecular flexibility index (Phi) is 7.21. The second-order valence-electron chi connectivity index (χ2n) is 9.43. The van der Waals surface area contributed by atoms with E-state index >= 15 is 0 Å². The molecule has 0 amide bonds. The lowest BCUT2D eigenvalue weighted by molar-refractivity contribution is -0.137. The zero-order valence-electron chi connectivity index (χ0n) is 19.8. The highest BCUT2D eigenvalue weighted by atomic mass is 127. The Labute approximate surface area is 219 Å². The summed E-state index contributed by atoms with van der Waals surface area (Å²) in [5.41, 5.74) is -0.116. The fourth-order valence-corrected chi connectivity index (χ4v) is 4.08. The van der Waals surface area contributed by atoms with Crippen LogP contribution in [0.2, 0.25) is 0 Å². The van der Waals surface area contributed by atoms with Crippen LogP contribution >= 0.6 is 22.6 Å². The first-order valence-electron chi connectivity index (χ1n) is 11.1. The molecule has 0 aliphatic carbocycles. The fraction of sp³-hybridized carbons (Fsp3) is 0.222. The van der Waals surface area contributed by atoms with E-state index in [-0.39, 0.29) is 16.8 Å². The van der Waals surface area contributed by atoms with Gasteiger partial charge in [-0.2, -0.15) is 22.9 Å². The second kappa shape index (κ2) is 10.0. The van der Waals surface area contributed by atoms with Gasteiger partial charge in [-0.15, -0.1) is 0 Å². The van der Waals surface area contributed by atoms with Gasteiger partial charge in [-0.25, -0.2) is 4.98 Å². The Morgan fingerprint density at radius 2 is 1.78 bits per heavy atom. The Morgan fingerprint density at radius 1 is 1.03 bits per heavy atom. The molecule has 0 N–H and O–H groups in total. The van der Waals surface area contributed by atoms with Gasteiger partial charge in [0.25, 0.3) is 5.56 Å². The summed E-state index contributed by atoms with van der Waals surface area (Å²) in [5, 5.41) is 4.65. The topological polar surface area (TPSA) is 56.5 Å². The largest absolute Gasteiger partial charge is 0.492 e. The molecule has 0 bridgehead atoms. The lowest BCUT2D eigenvalue weighted by atomic mass is 9.99. The van der Waals surface area contributed by atoms with E-state index in [4.69, 9.17) is 4.74 Å². The minimum absolute atomic E-state index is 0.00722. The van der Waals surface area contributed by atoms with Crippen LogP contribution in [0.5, 0.6) is 5.75 Å². The summed E-state index contributed by atoms with van der Waals surface area (Å²) in [6.45, 7) is 6.80. The molecule has 4 rings (SSSR count). The van der Waals surface area contributed by atoms with Gasteiger partial charge in [0.1, 0.15) is 5.75 Å². The average Bonchev–Trinajstić information content (AvgIpc) is 2.82. The lowest BCUT2D eigenvalue weighted by Gasteiger charge is -2.19. The maximum absolute atomic E-state index is 13.3. The van der Waals surface area contributed by atoms with E-state index in [1.54, 1.807) is 30.3 Å². The number of para-hydroxylation sites is 1. The van der Waals surface area contributed by atoms with Gasteiger partial charge in [0.2, 0.25) is 0 Å². The van der Waals surface area contributed by atoms with Crippen molar-refractivity contribution in [3.05, 3.63) is 91.8 Å². The van der Waals surface area contributed by atoms with Crippen molar-refractivity contribution in [2.45, 2.75) is 26.9 Å². The van der Waals surface area contributed by atoms with Crippen LogP contribution in [0.25, 0.3) is 22.3 Å². The Bertz CT molecular complexity index is 1510. The van der Waals surface area contributed by atoms with Crippen LogP contribution < -0.4 is 10.3 Å². The van der Waals surface area contributed by atoms with Crippen LogP contribution in [0, 0.1) is 8.99 Å². The van der Waals surface area contributed by atoms with Gasteiger partial charge in [0, 0.05) is 5.56 Å². The van der Waals surface area contributed by atoms with E-state index in [0.717, 1.165) is 26.1 Å². The van der Waals surface area contributed by atoms with E-state index in [9.17, 15) is 18.0 Å². The van der Waals surface area contributed by atoms with Crippen molar-refractivity contribution in [1.29, 1.82) is 0 Å². The van der Waals surface area contributed by atoms with Crippen LogP contribution in [0.1, 0.15) is 31.9 Å². The molecule has 9 heteroatoms. The fourth-order valence-electron chi connectivity index (χ4n) is 3.39. The monoisotopic (exact) mass is 605 g/mol. The van der Waals surface area contributed by atoms with Gasteiger partial charge in [-0.3, -0.25) is 4.79 Å². The van der Waals surface area contributed by atoms with E-state index in [2.05, 4.69) is 53.4 Å². The minimum Gasteiger partial charge on any atom is -0.492 e. The molecule has 1 heterocycles. The average molecular weight is 605 g/mol. The van der Waals surface area contributed by atoms with Crippen LogP contribution in [0.15, 0.2) is 76.6 Å². The van der Waals surface area contributed by atoms with Gasteiger partial charge in [0.15, 0.2) is 5.82 Å². The number of nitrogens with zero attached hydrogens (tertiary/aromatic N) is 3. The van der Waals surface area contributed by atoms with Crippen molar-refractivity contribution < 1.29 is 17.9 Å². The van der Waals surface area contributed by atoms with Crippen molar-refractivity contribution >= 4 is 39.7 Å². The van der Waals surface area contributed by atoms with Gasteiger partial charge in [-0.05, 0) is 76.0 Å². The van der Waals surface area contributed by atoms with Crippen LogP contribution in [-0.2, 0) is 6.18 Å². The predicted octanol–water partition coefficient (Wildman–Crippen LogP) is 6.99. The molecular formula is C27H23F3IN3O2. The molecule has 0 atom stereocenters. The SMILES string of the molecule is CC(C)(C)COc1ccc(C=Nn2c(-c3cccc(C(F)(F)F)c3)nc3ccccc3c2=O)cc1I. The molecule has 0 fully saturated rings. The Balaban J connectivity index is 1.78. The number of ether oxygens (including phenoxy) is 1. The molecule has 0 saturated carbocycles. The summed E-state index contributed by atoms with van der Waals surface area (Å²) in [6, 6.07) is 16.8. The van der Waals surface area contributed by atoms with E-state index in [0.29, 0.717) is 23.1 Å². The third kappa shape index (κ3) is 5.95. The molecule has 5 nitrogen and oxygen atoms in total. The predicted molar refractivity (Wildman–Crippen MR) is 144 cm³/mol. The van der Waals surface area contributed by atoms with Gasteiger partial charge >= 0.3 is 6.18 Å². The van der Waals surface area contributed by atoms with Crippen LogP contribution in [0.3, 0.4) is 0 Å².